The summed E-state index contributed by atoms with van der Waals surface area (Å²) < 4.78 is 29.5. The van der Waals surface area contributed by atoms with Gasteiger partial charge in [0.25, 0.3) is 0 Å². The zero-order chi connectivity index (χ0) is 15.1. The zero-order valence-corrected chi connectivity index (χ0v) is 13.9. The molecule has 20 heavy (non-hydrogen) atoms. The monoisotopic (exact) mass is 361 g/mol. The van der Waals surface area contributed by atoms with Crippen LogP contribution in [0.15, 0.2) is 21.5 Å². The molecule has 7 heteroatoms. The van der Waals surface area contributed by atoms with Crippen molar-refractivity contribution in [1.82, 2.24) is 0 Å². The number of amides is 1. The lowest BCUT2D eigenvalue weighted by molar-refractivity contribution is 0.0635. The topological polar surface area (TPSA) is 72.5 Å². The minimum atomic E-state index is -3.27. The van der Waals surface area contributed by atoms with E-state index in [0.29, 0.717) is 16.6 Å². The molecule has 110 valence electrons. The SMILES string of the molecule is CC(C)(C)OC(=O)Nc1ccc2c(c1Br)S(=O)(=O)CC2. The third-order valence-corrected chi connectivity index (χ3v) is 5.68. The molecule has 2 rings (SSSR count). The summed E-state index contributed by atoms with van der Waals surface area (Å²) in [6, 6.07) is 3.39. The van der Waals surface area contributed by atoms with Gasteiger partial charge in [0.05, 0.1) is 20.8 Å². The Morgan fingerprint density at radius 2 is 2.00 bits per heavy atom. The molecule has 1 aromatic rings. The lowest BCUT2D eigenvalue weighted by Gasteiger charge is -2.20. The Morgan fingerprint density at radius 3 is 2.60 bits per heavy atom. The lowest BCUT2D eigenvalue weighted by atomic mass is 10.1. The Kier molecular flexibility index (Phi) is 3.85. The highest BCUT2D eigenvalue weighted by Gasteiger charge is 2.30. The van der Waals surface area contributed by atoms with Gasteiger partial charge in [-0.05, 0) is 54.8 Å². The second-order valence-electron chi connectivity index (χ2n) is 5.61. The molecule has 0 aliphatic carbocycles. The van der Waals surface area contributed by atoms with Crippen LogP contribution in [0.5, 0.6) is 0 Å². The normalized spacial score (nSPS) is 16.6. The van der Waals surface area contributed by atoms with Crippen LogP contribution in [0, 0.1) is 0 Å². The molecule has 1 aliphatic rings. The third-order valence-electron chi connectivity index (χ3n) is 2.77. The molecule has 0 spiro atoms. The molecule has 0 atom stereocenters. The number of fused-ring (bicyclic) bond motifs is 1. The molecule has 0 saturated heterocycles. The molecule has 0 unspecified atom stereocenters. The molecule has 5 nitrogen and oxygen atoms in total. The predicted molar refractivity (Wildman–Crippen MR) is 79.8 cm³/mol. The first-order valence-corrected chi connectivity index (χ1v) is 8.59. The van der Waals surface area contributed by atoms with Crippen LogP contribution in [-0.4, -0.2) is 25.9 Å². The average molecular weight is 362 g/mol. The van der Waals surface area contributed by atoms with E-state index in [9.17, 15) is 13.2 Å². The van der Waals surface area contributed by atoms with Crippen molar-refractivity contribution in [2.24, 2.45) is 0 Å². The van der Waals surface area contributed by atoms with E-state index in [-0.39, 0.29) is 10.6 Å². The number of aryl methyl sites for hydroxylation is 1. The molecule has 1 aromatic carbocycles. The van der Waals surface area contributed by atoms with Crippen LogP contribution >= 0.6 is 15.9 Å². The Hall–Kier alpha value is -1.08. The first-order chi connectivity index (χ1) is 9.10. The van der Waals surface area contributed by atoms with Gasteiger partial charge >= 0.3 is 6.09 Å². The van der Waals surface area contributed by atoms with Gasteiger partial charge in [-0.25, -0.2) is 13.2 Å². The second-order valence-corrected chi connectivity index (χ2v) is 8.45. The number of carbonyl (C=O) groups excluding carboxylic acids is 1. The summed E-state index contributed by atoms with van der Waals surface area (Å²) >= 11 is 3.27. The van der Waals surface area contributed by atoms with E-state index in [1.165, 1.54) is 0 Å². The summed E-state index contributed by atoms with van der Waals surface area (Å²) in [6.45, 7) is 5.28. The number of nitrogens with one attached hydrogen (secondary N) is 1. The van der Waals surface area contributed by atoms with Crippen LogP contribution in [0.25, 0.3) is 0 Å². The molecule has 0 radical (unpaired) electrons. The smallest absolute Gasteiger partial charge is 0.412 e. The summed E-state index contributed by atoms with van der Waals surface area (Å²) in [6.07, 6.45) is -0.114. The van der Waals surface area contributed by atoms with Crippen LogP contribution in [0.1, 0.15) is 26.3 Å². The fraction of sp³-hybridized carbons (Fsp3) is 0.462. The van der Waals surface area contributed by atoms with E-state index in [0.717, 1.165) is 5.56 Å². The van der Waals surface area contributed by atoms with E-state index in [1.807, 2.05) is 0 Å². The predicted octanol–water partition coefficient (Wildman–Crippen LogP) is 3.13. The van der Waals surface area contributed by atoms with Crippen molar-refractivity contribution in [2.45, 2.75) is 37.7 Å². The first-order valence-electron chi connectivity index (χ1n) is 6.14. The molecule has 0 saturated carbocycles. The van der Waals surface area contributed by atoms with E-state index in [4.69, 9.17) is 4.74 Å². The molecule has 1 heterocycles. The van der Waals surface area contributed by atoms with Crippen LogP contribution in [0.2, 0.25) is 0 Å². The van der Waals surface area contributed by atoms with E-state index < -0.39 is 21.5 Å². The Bertz CT molecular complexity index is 662. The number of ether oxygens (including phenoxy) is 1. The van der Waals surface area contributed by atoms with Gasteiger partial charge in [0.15, 0.2) is 9.84 Å². The molecular formula is C13H16BrNO4S. The lowest BCUT2D eigenvalue weighted by Crippen LogP contribution is -2.27. The summed E-state index contributed by atoms with van der Waals surface area (Å²) in [5.41, 5.74) is 0.550. The fourth-order valence-corrected chi connectivity index (χ4v) is 4.86. The molecule has 1 amide bonds. The van der Waals surface area contributed by atoms with Crippen LogP contribution in [-0.2, 0) is 21.0 Å². The first kappa shape index (κ1) is 15.3. The molecular weight excluding hydrogens is 346 g/mol. The third kappa shape index (κ3) is 3.15. The van der Waals surface area contributed by atoms with E-state index in [2.05, 4.69) is 21.2 Å². The Labute approximate surface area is 126 Å². The van der Waals surface area contributed by atoms with Gasteiger partial charge < -0.3 is 4.74 Å². The van der Waals surface area contributed by atoms with Gasteiger partial charge in [0.1, 0.15) is 5.60 Å². The quantitative estimate of drug-likeness (QED) is 0.833. The van der Waals surface area contributed by atoms with Gasteiger partial charge in [-0.15, -0.1) is 0 Å². The standard InChI is InChI=1S/C13H16BrNO4S/c1-13(2,3)19-12(16)15-9-5-4-8-6-7-20(17,18)11(8)10(9)14/h4-5H,6-7H2,1-3H3,(H,15,16). The molecule has 0 aromatic heterocycles. The van der Waals surface area contributed by atoms with Crippen molar-refractivity contribution in [1.29, 1.82) is 0 Å². The largest absolute Gasteiger partial charge is 0.444 e. The van der Waals surface area contributed by atoms with Gasteiger partial charge in [0.2, 0.25) is 0 Å². The van der Waals surface area contributed by atoms with Crippen LogP contribution < -0.4 is 5.32 Å². The highest BCUT2D eigenvalue weighted by molar-refractivity contribution is 9.10. The summed E-state index contributed by atoms with van der Waals surface area (Å²) in [4.78, 5) is 12.0. The van der Waals surface area contributed by atoms with Crippen molar-refractivity contribution in [3.05, 3.63) is 22.2 Å². The molecule has 0 bridgehead atoms. The Morgan fingerprint density at radius 1 is 1.35 bits per heavy atom. The molecule has 1 aliphatic heterocycles. The number of halogens is 1. The number of sulfone groups is 1. The maximum Gasteiger partial charge on any atom is 0.412 e. The van der Waals surface area contributed by atoms with Gasteiger partial charge in [0, 0.05) is 0 Å². The van der Waals surface area contributed by atoms with Gasteiger partial charge in [-0.3, -0.25) is 5.32 Å². The molecule has 0 fully saturated rings. The zero-order valence-electron chi connectivity index (χ0n) is 11.5. The maximum atomic E-state index is 12.0. The minimum absolute atomic E-state index is 0.108. The number of rotatable bonds is 1. The minimum Gasteiger partial charge on any atom is -0.444 e. The van der Waals surface area contributed by atoms with Crippen LogP contribution in [0.4, 0.5) is 10.5 Å². The van der Waals surface area contributed by atoms with Crippen molar-refractivity contribution in [3.63, 3.8) is 0 Å². The second kappa shape index (κ2) is 5.04. The number of carbonyl (C=O) groups is 1. The van der Waals surface area contributed by atoms with Crippen molar-refractivity contribution in [2.75, 3.05) is 11.1 Å². The van der Waals surface area contributed by atoms with Crippen molar-refractivity contribution in [3.8, 4) is 0 Å². The van der Waals surface area contributed by atoms with Gasteiger partial charge in [-0.2, -0.15) is 0 Å². The van der Waals surface area contributed by atoms with Crippen molar-refractivity contribution < 1.29 is 17.9 Å². The van der Waals surface area contributed by atoms with Crippen LogP contribution in [0.3, 0.4) is 0 Å². The van der Waals surface area contributed by atoms with E-state index >= 15 is 0 Å². The van der Waals surface area contributed by atoms with E-state index in [1.54, 1.807) is 32.9 Å². The van der Waals surface area contributed by atoms with Gasteiger partial charge in [-0.1, -0.05) is 6.07 Å². The maximum absolute atomic E-state index is 12.0. The summed E-state index contributed by atoms with van der Waals surface area (Å²) in [5.74, 6) is 0.108. The van der Waals surface area contributed by atoms with Crippen molar-refractivity contribution >= 4 is 37.5 Å². The number of benzene rings is 1. The molecule has 1 N–H and O–H groups in total. The highest BCUT2D eigenvalue weighted by Crippen LogP contribution is 2.37. The Balaban J connectivity index is 2.30. The average Bonchev–Trinajstić information content (AvgIpc) is 2.56. The fourth-order valence-electron chi connectivity index (χ4n) is 1.99. The summed E-state index contributed by atoms with van der Waals surface area (Å²) in [5, 5.41) is 2.56. The number of hydrogen-bond acceptors (Lipinski definition) is 4. The number of anilines is 1. The number of hydrogen-bond donors (Lipinski definition) is 1. The summed E-state index contributed by atoms with van der Waals surface area (Å²) in [7, 11) is -3.27. The highest BCUT2D eigenvalue weighted by atomic mass is 79.9.